The molecule has 1 aliphatic heterocycles. The monoisotopic (exact) mass is 1110 g/mol. The molecule has 3 aromatic rings. The summed E-state index contributed by atoms with van der Waals surface area (Å²) in [6.45, 7) is 3.98. The van der Waals surface area contributed by atoms with Gasteiger partial charge in [-0.25, -0.2) is 0 Å². The van der Waals surface area contributed by atoms with Gasteiger partial charge in [-0.1, -0.05) is 86.6 Å². The molecule has 434 valence electrons. The number of benzene rings is 3. The minimum absolute atomic E-state index is 0.0297. The molecule has 9 amide bonds. The molecule has 21 N–H and O–H groups in total. The van der Waals surface area contributed by atoms with Gasteiger partial charge in [0.25, 0.3) is 0 Å². The second-order valence-electron chi connectivity index (χ2n) is 20.1. The lowest BCUT2D eigenvalue weighted by Gasteiger charge is -2.31. The first kappa shape index (κ1) is 63.7. The summed E-state index contributed by atoms with van der Waals surface area (Å²) in [5, 5.41) is 46.3. The highest BCUT2D eigenvalue weighted by atomic mass is 16.3. The smallest absolute Gasteiger partial charge is 0.245 e. The fourth-order valence-electron chi connectivity index (χ4n) is 8.95. The summed E-state index contributed by atoms with van der Waals surface area (Å²) < 4.78 is 0. The Morgan fingerprint density at radius 3 is 1.52 bits per heavy atom. The van der Waals surface area contributed by atoms with Gasteiger partial charge in [-0.2, -0.15) is 0 Å². The van der Waals surface area contributed by atoms with Crippen LogP contribution in [0.5, 0.6) is 5.75 Å². The summed E-state index contributed by atoms with van der Waals surface area (Å²) in [7, 11) is 0. The number of hydrogen-bond acceptors (Lipinski definition) is 13. The van der Waals surface area contributed by atoms with Crippen molar-refractivity contribution in [3.8, 4) is 5.75 Å². The molecule has 1 aliphatic rings. The zero-order chi connectivity index (χ0) is 58.9. The molecule has 3 aromatic carbocycles. The largest absolute Gasteiger partial charge is 0.508 e. The number of likely N-dealkylation sites (tertiary alicyclic amines) is 1. The van der Waals surface area contributed by atoms with Crippen LogP contribution < -0.4 is 71.2 Å². The quantitative estimate of drug-likeness (QED) is 0.0176. The molecule has 0 spiro atoms. The SMILES string of the molecule is CC(C)C[C@H](NC(=O)[C@H](Cc1ccccc1)NC(=O)[C@@H](N)Cc1ccc(O)cc1)C(=O)N[C@@H](Cc1ccccc1)C(=O)N[C@@H](CCCNC(=N)N)C(=O)N1CCC[C@H]1C(=O)N[C@@H](CCCNC(=N)N)C(=O)N[C@@H](CC(N)=O)C(N)=O. The van der Waals surface area contributed by atoms with Crippen LogP contribution in [0.4, 0.5) is 0 Å². The molecule has 1 fully saturated rings. The van der Waals surface area contributed by atoms with Crippen molar-refractivity contribution in [3.63, 3.8) is 0 Å². The molecule has 1 saturated heterocycles. The maximum absolute atomic E-state index is 14.8. The third kappa shape index (κ3) is 21.9. The predicted octanol–water partition coefficient (Wildman–Crippen LogP) is -2.42. The van der Waals surface area contributed by atoms with Crippen molar-refractivity contribution in [2.45, 2.75) is 133 Å². The van der Waals surface area contributed by atoms with E-state index in [0.29, 0.717) is 23.1 Å². The van der Waals surface area contributed by atoms with Crippen LogP contribution >= 0.6 is 0 Å². The number of rotatable bonds is 32. The van der Waals surface area contributed by atoms with Crippen LogP contribution in [0.25, 0.3) is 0 Å². The highest BCUT2D eigenvalue weighted by molar-refractivity contribution is 5.98. The molecule has 0 aliphatic carbocycles. The highest BCUT2D eigenvalue weighted by Gasteiger charge is 2.40. The van der Waals surface area contributed by atoms with Gasteiger partial charge in [-0.15, -0.1) is 0 Å². The molecule has 0 bridgehead atoms. The fraction of sp³-hybridized carbons (Fsp3) is 0.463. The van der Waals surface area contributed by atoms with Gasteiger partial charge in [0.05, 0.1) is 12.5 Å². The van der Waals surface area contributed by atoms with Gasteiger partial charge < -0.3 is 81.2 Å². The van der Waals surface area contributed by atoms with Gasteiger partial charge in [0.1, 0.15) is 48.0 Å². The van der Waals surface area contributed by atoms with E-state index >= 15 is 0 Å². The van der Waals surface area contributed by atoms with Crippen LogP contribution in [0.1, 0.15) is 81.9 Å². The van der Waals surface area contributed by atoms with Gasteiger partial charge in [0.15, 0.2) is 11.9 Å². The molecule has 1 heterocycles. The Kier molecular flexibility index (Phi) is 25.6. The normalized spacial score (nSPS) is 15.5. The number of guanidine groups is 2. The molecule has 0 aromatic heterocycles. The molecule has 80 heavy (non-hydrogen) atoms. The highest BCUT2D eigenvalue weighted by Crippen LogP contribution is 2.21. The van der Waals surface area contributed by atoms with Crippen molar-refractivity contribution in [3.05, 3.63) is 102 Å². The minimum Gasteiger partial charge on any atom is -0.508 e. The number of nitrogens with zero attached hydrogens (tertiary/aromatic N) is 1. The van der Waals surface area contributed by atoms with Gasteiger partial charge in [0, 0.05) is 32.5 Å². The van der Waals surface area contributed by atoms with Crippen LogP contribution in [0.3, 0.4) is 0 Å². The predicted molar refractivity (Wildman–Crippen MR) is 297 cm³/mol. The topological polar surface area (TPSA) is 451 Å². The number of hydrogen-bond donors (Lipinski definition) is 16. The standard InChI is InChI=1S/C54H78N16O10/c1-31(2)26-40(68-50(78)41(28-32-12-5-3-6-13-32)67-46(74)36(55)27-34-19-21-35(71)22-20-34)48(76)69-42(29-33-14-7-4-8-15-33)49(77)65-38(17-10-24-63-54(60)61)52(80)70-25-11-18-43(70)51(79)64-37(16-9-23-62-53(58)59)47(75)66-39(45(57)73)30-44(56)72/h3-8,12-15,19-22,31,36-43,71H,9-11,16-18,23-30,55H2,1-2H3,(H2,56,72)(H2,57,73)(H,64,79)(H,65,77)(H,66,75)(H,67,74)(H,68,78)(H,69,76)(H4,58,59,62)(H4,60,61,63)/t36-,37-,38-,39-,40-,41-,42-,43-/m0/s1. The van der Waals surface area contributed by atoms with E-state index in [4.69, 9.17) is 39.5 Å². The number of phenols is 1. The van der Waals surface area contributed by atoms with Crippen LogP contribution in [0.15, 0.2) is 84.9 Å². The summed E-state index contributed by atoms with van der Waals surface area (Å²) in [6, 6.07) is 13.6. The first-order chi connectivity index (χ1) is 38.0. The molecule has 0 saturated carbocycles. The maximum Gasteiger partial charge on any atom is 0.245 e. The average Bonchev–Trinajstić information content (AvgIpc) is 3.91. The van der Waals surface area contributed by atoms with Crippen LogP contribution in [0.2, 0.25) is 0 Å². The van der Waals surface area contributed by atoms with Crippen molar-refractivity contribution in [1.82, 2.24) is 47.4 Å². The number of nitrogens with one attached hydrogen (secondary N) is 10. The van der Waals surface area contributed by atoms with Crippen molar-refractivity contribution in [2.75, 3.05) is 19.6 Å². The van der Waals surface area contributed by atoms with E-state index in [9.17, 15) is 48.3 Å². The summed E-state index contributed by atoms with van der Waals surface area (Å²) in [6.07, 6.45) is 0.301. The Labute approximate surface area is 464 Å². The zero-order valence-corrected chi connectivity index (χ0v) is 45.1. The van der Waals surface area contributed by atoms with Crippen LogP contribution in [-0.4, -0.2) is 143 Å². The van der Waals surface area contributed by atoms with Crippen molar-refractivity contribution >= 4 is 65.1 Å². The number of carbonyl (C=O) groups is 9. The van der Waals surface area contributed by atoms with Crippen molar-refractivity contribution < 1.29 is 48.3 Å². The van der Waals surface area contributed by atoms with Crippen molar-refractivity contribution in [1.29, 1.82) is 10.8 Å². The second-order valence-corrected chi connectivity index (χ2v) is 20.1. The van der Waals surface area contributed by atoms with Crippen LogP contribution in [-0.2, 0) is 62.4 Å². The first-order valence-corrected chi connectivity index (χ1v) is 26.5. The summed E-state index contributed by atoms with van der Waals surface area (Å²) in [5.41, 5.74) is 29.9. The number of aromatic hydroxyl groups is 1. The van der Waals surface area contributed by atoms with Crippen LogP contribution in [0, 0.1) is 16.7 Å². The molecular weight excluding hydrogens is 1030 g/mol. The zero-order valence-electron chi connectivity index (χ0n) is 45.1. The summed E-state index contributed by atoms with van der Waals surface area (Å²) in [5.74, 6) is -7.96. The lowest BCUT2D eigenvalue weighted by molar-refractivity contribution is -0.142. The Morgan fingerprint density at radius 2 is 1.02 bits per heavy atom. The molecule has 26 nitrogen and oxygen atoms in total. The lowest BCUT2D eigenvalue weighted by atomic mass is 9.99. The van der Waals surface area contributed by atoms with E-state index in [-0.39, 0.29) is 101 Å². The molecule has 4 rings (SSSR count). The number of amides is 9. The molecular formula is C54H78N16O10. The van der Waals surface area contributed by atoms with E-state index in [2.05, 4.69) is 42.5 Å². The molecule has 26 heteroatoms. The minimum atomic E-state index is -1.50. The lowest BCUT2D eigenvalue weighted by Crippen LogP contribution is -2.60. The molecule has 0 unspecified atom stereocenters. The van der Waals surface area contributed by atoms with E-state index < -0.39 is 108 Å². The Balaban J connectivity index is 1.61. The van der Waals surface area contributed by atoms with Gasteiger partial charge in [0.2, 0.25) is 53.2 Å². The number of carbonyl (C=O) groups excluding carboxylic acids is 9. The average molecular weight is 1110 g/mol. The molecule has 0 radical (unpaired) electrons. The van der Waals surface area contributed by atoms with Gasteiger partial charge >= 0.3 is 0 Å². The Hall–Kier alpha value is -8.81. The Bertz CT molecular complexity index is 2610. The summed E-state index contributed by atoms with van der Waals surface area (Å²) in [4.78, 5) is 125. The maximum atomic E-state index is 14.8. The van der Waals surface area contributed by atoms with E-state index in [1.165, 1.54) is 17.0 Å². The van der Waals surface area contributed by atoms with E-state index in [1.807, 2.05) is 13.8 Å². The third-order valence-electron chi connectivity index (χ3n) is 13.0. The molecule has 8 atom stereocenters. The van der Waals surface area contributed by atoms with Gasteiger partial charge in [-0.3, -0.25) is 54.0 Å². The second kappa shape index (κ2) is 32.2. The van der Waals surface area contributed by atoms with Gasteiger partial charge in [-0.05, 0) is 86.1 Å². The third-order valence-corrected chi connectivity index (χ3v) is 13.0. The number of phenolic OH excluding ortho intramolecular Hbond substituents is 1. The first-order valence-electron chi connectivity index (χ1n) is 26.5. The Morgan fingerprint density at radius 1 is 0.575 bits per heavy atom. The number of primary amides is 2. The number of nitrogens with two attached hydrogens (primary N) is 5. The van der Waals surface area contributed by atoms with E-state index in [1.54, 1.807) is 72.8 Å². The summed E-state index contributed by atoms with van der Waals surface area (Å²) >= 11 is 0. The van der Waals surface area contributed by atoms with E-state index in [0.717, 1.165) is 0 Å². The fourth-order valence-corrected chi connectivity index (χ4v) is 8.95. The van der Waals surface area contributed by atoms with Crippen molar-refractivity contribution in [2.24, 2.45) is 34.6 Å².